The molecule has 0 N–H and O–H groups in total. The highest BCUT2D eigenvalue weighted by Crippen LogP contribution is 2.32. The summed E-state index contributed by atoms with van der Waals surface area (Å²) in [5.41, 5.74) is 2.83. The summed E-state index contributed by atoms with van der Waals surface area (Å²) < 4.78 is 7.05. The van der Waals surface area contributed by atoms with Crippen LogP contribution in [0, 0.1) is 6.92 Å². The molecule has 6 heteroatoms. The van der Waals surface area contributed by atoms with Crippen LogP contribution in [0.3, 0.4) is 0 Å². The molecule has 0 atom stereocenters. The SMILES string of the molecule is COc1ccc2c(c1)c(CC(=O)Sc1ccccc1)c(C)n2C(=O)c1ccc(Cl)cc1. The van der Waals surface area contributed by atoms with E-state index in [1.54, 1.807) is 35.9 Å². The molecule has 4 nitrogen and oxygen atoms in total. The van der Waals surface area contributed by atoms with Gasteiger partial charge in [0.1, 0.15) is 5.75 Å². The lowest BCUT2D eigenvalue weighted by Gasteiger charge is -2.08. The maximum atomic E-state index is 13.3. The van der Waals surface area contributed by atoms with E-state index in [1.807, 2.05) is 55.5 Å². The van der Waals surface area contributed by atoms with Gasteiger partial charge in [-0.15, -0.1) is 0 Å². The third kappa shape index (κ3) is 4.38. The van der Waals surface area contributed by atoms with Crippen molar-refractivity contribution in [3.8, 4) is 5.75 Å². The van der Waals surface area contributed by atoms with E-state index in [2.05, 4.69) is 0 Å². The van der Waals surface area contributed by atoms with Gasteiger partial charge in [0, 0.05) is 33.0 Å². The molecule has 0 saturated heterocycles. The van der Waals surface area contributed by atoms with E-state index in [0.717, 1.165) is 27.1 Å². The van der Waals surface area contributed by atoms with Gasteiger partial charge in [0.25, 0.3) is 5.91 Å². The first-order chi connectivity index (χ1) is 15.0. The number of halogens is 1. The molecule has 0 aliphatic rings. The first kappa shape index (κ1) is 21.2. The van der Waals surface area contributed by atoms with Crippen molar-refractivity contribution in [2.75, 3.05) is 7.11 Å². The zero-order chi connectivity index (χ0) is 22.0. The Morgan fingerprint density at radius 3 is 2.39 bits per heavy atom. The first-order valence-electron chi connectivity index (χ1n) is 9.72. The van der Waals surface area contributed by atoms with E-state index in [0.29, 0.717) is 16.3 Å². The van der Waals surface area contributed by atoms with Gasteiger partial charge in [0.05, 0.1) is 12.6 Å². The van der Waals surface area contributed by atoms with Gasteiger partial charge in [0.15, 0.2) is 5.12 Å². The van der Waals surface area contributed by atoms with E-state index in [9.17, 15) is 9.59 Å². The van der Waals surface area contributed by atoms with E-state index >= 15 is 0 Å². The first-order valence-corrected chi connectivity index (χ1v) is 10.9. The molecule has 1 heterocycles. The fourth-order valence-corrected chi connectivity index (χ4v) is 4.49. The lowest BCUT2D eigenvalue weighted by Crippen LogP contribution is -2.14. The Morgan fingerprint density at radius 2 is 1.71 bits per heavy atom. The van der Waals surface area contributed by atoms with Crippen LogP contribution in [0.5, 0.6) is 5.75 Å². The molecule has 4 aromatic rings. The zero-order valence-corrected chi connectivity index (χ0v) is 18.7. The van der Waals surface area contributed by atoms with E-state index in [-0.39, 0.29) is 17.4 Å². The summed E-state index contributed by atoms with van der Waals surface area (Å²) >= 11 is 7.18. The lowest BCUT2D eigenvalue weighted by atomic mass is 10.1. The van der Waals surface area contributed by atoms with Gasteiger partial charge in [-0.1, -0.05) is 41.6 Å². The summed E-state index contributed by atoms with van der Waals surface area (Å²) in [5, 5.41) is 1.41. The molecule has 0 unspecified atom stereocenters. The van der Waals surface area contributed by atoms with Gasteiger partial charge >= 0.3 is 0 Å². The Balaban J connectivity index is 1.77. The molecule has 4 rings (SSSR count). The largest absolute Gasteiger partial charge is 0.497 e. The molecule has 0 fully saturated rings. The number of aromatic nitrogens is 1. The molecule has 0 aliphatic carbocycles. The molecule has 0 saturated carbocycles. The minimum Gasteiger partial charge on any atom is -0.497 e. The smallest absolute Gasteiger partial charge is 0.262 e. The minimum absolute atomic E-state index is 0.00936. The average molecular weight is 450 g/mol. The van der Waals surface area contributed by atoms with Crippen LogP contribution in [0.15, 0.2) is 77.7 Å². The average Bonchev–Trinajstić information content (AvgIpc) is 3.05. The summed E-state index contributed by atoms with van der Waals surface area (Å²) in [6.07, 6.45) is 0.204. The van der Waals surface area contributed by atoms with Crippen molar-refractivity contribution in [2.24, 2.45) is 0 Å². The second-order valence-corrected chi connectivity index (χ2v) is 8.63. The number of methoxy groups -OCH3 is 1. The Kier molecular flexibility index (Phi) is 6.16. The van der Waals surface area contributed by atoms with Gasteiger partial charge in [-0.25, -0.2) is 0 Å². The Labute approximate surface area is 189 Å². The van der Waals surface area contributed by atoms with Crippen molar-refractivity contribution in [3.05, 3.63) is 94.6 Å². The van der Waals surface area contributed by atoms with Gasteiger partial charge < -0.3 is 4.74 Å². The highest BCUT2D eigenvalue weighted by atomic mass is 35.5. The van der Waals surface area contributed by atoms with Crippen molar-refractivity contribution in [1.29, 1.82) is 0 Å². The van der Waals surface area contributed by atoms with E-state index in [4.69, 9.17) is 16.3 Å². The highest BCUT2D eigenvalue weighted by molar-refractivity contribution is 8.13. The normalized spacial score (nSPS) is 10.9. The van der Waals surface area contributed by atoms with Crippen LogP contribution in [0.25, 0.3) is 10.9 Å². The van der Waals surface area contributed by atoms with Crippen molar-refractivity contribution < 1.29 is 14.3 Å². The number of hydrogen-bond acceptors (Lipinski definition) is 4. The van der Waals surface area contributed by atoms with Crippen LogP contribution in [0.1, 0.15) is 21.6 Å². The topological polar surface area (TPSA) is 48.3 Å². The van der Waals surface area contributed by atoms with Crippen LogP contribution in [-0.4, -0.2) is 22.7 Å². The fraction of sp³-hybridized carbons (Fsp3) is 0.120. The van der Waals surface area contributed by atoms with Crippen LogP contribution in [0.2, 0.25) is 5.02 Å². The number of carbonyl (C=O) groups excluding carboxylic acids is 2. The zero-order valence-electron chi connectivity index (χ0n) is 17.1. The lowest BCUT2D eigenvalue weighted by molar-refractivity contribution is -0.110. The molecule has 0 radical (unpaired) electrons. The number of ether oxygens (including phenoxy) is 1. The molecule has 156 valence electrons. The second kappa shape index (κ2) is 9.00. The Hall–Kier alpha value is -3.02. The summed E-state index contributed by atoms with van der Waals surface area (Å²) in [7, 11) is 1.60. The van der Waals surface area contributed by atoms with Gasteiger partial charge in [-0.05, 0) is 67.1 Å². The standard InChI is InChI=1S/C25H20ClNO3S/c1-16-21(15-24(28)31-20-6-4-3-5-7-20)22-14-19(30-2)12-13-23(22)27(16)25(29)17-8-10-18(26)11-9-17/h3-14H,15H2,1-2H3. The summed E-state index contributed by atoms with van der Waals surface area (Å²) in [6.45, 7) is 1.87. The van der Waals surface area contributed by atoms with Gasteiger partial charge in [-0.2, -0.15) is 0 Å². The molecule has 1 aromatic heterocycles. The van der Waals surface area contributed by atoms with Crippen LogP contribution >= 0.6 is 23.4 Å². The van der Waals surface area contributed by atoms with Gasteiger partial charge in [-0.3, -0.25) is 14.2 Å². The summed E-state index contributed by atoms with van der Waals surface area (Å²) in [6, 6.07) is 21.9. The fourth-order valence-electron chi connectivity index (χ4n) is 3.60. The summed E-state index contributed by atoms with van der Waals surface area (Å²) in [4.78, 5) is 27.1. The second-order valence-electron chi connectivity index (χ2n) is 7.06. The summed E-state index contributed by atoms with van der Waals surface area (Å²) in [5.74, 6) is 0.506. The van der Waals surface area contributed by atoms with E-state index < -0.39 is 0 Å². The maximum Gasteiger partial charge on any atom is 0.262 e. The number of carbonyl (C=O) groups is 2. The quantitative estimate of drug-likeness (QED) is 0.342. The van der Waals surface area contributed by atoms with E-state index in [1.165, 1.54) is 11.8 Å². The molecule has 0 aliphatic heterocycles. The van der Waals surface area contributed by atoms with Crippen LogP contribution < -0.4 is 4.74 Å². The van der Waals surface area contributed by atoms with Crippen molar-refractivity contribution in [2.45, 2.75) is 18.2 Å². The third-order valence-electron chi connectivity index (χ3n) is 5.13. The molecule has 31 heavy (non-hydrogen) atoms. The predicted octanol–water partition coefficient (Wildman–Crippen LogP) is 6.16. The Bertz CT molecular complexity index is 1260. The van der Waals surface area contributed by atoms with Crippen LogP contribution in [0.4, 0.5) is 0 Å². The molecule has 0 bridgehead atoms. The number of nitrogens with zero attached hydrogens (tertiary/aromatic N) is 1. The van der Waals surface area contributed by atoms with Crippen molar-refractivity contribution in [3.63, 3.8) is 0 Å². The van der Waals surface area contributed by atoms with Crippen LogP contribution in [-0.2, 0) is 11.2 Å². The Morgan fingerprint density at radius 1 is 1.00 bits per heavy atom. The number of benzene rings is 3. The number of thioether (sulfide) groups is 1. The van der Waals surface area contributed by atoms with Crippen molar-refractivity contribution >= 4 is 45.3 Å². The third-order valence-corrected chi connectivity index (χ3v) is 6.26. The molecule has 0 amide bonds. The maximum absolute atomic E-state index is 13.3. The number of fused-ring (bicyclic) bond motifs is 1. The predicted molar refractivity (Wildman–Crippen MR) is 125 cm³/mol. The number of hydrogen-bond donors (Lipinski definition) is 0. The molecule has 0 spiro atoms. The monoisotopic (exact) mass is 449 g/mol. The highest BCUT2D eigenvalue weighted by Gasteiger charge is 2.22. The van der Waals surface area contributed by atoms with Gasteiger partial charge in [0.2, 0.25) is 0 Å². The molecule has 3 aromatic carbocycles. The number of rotatable bonds is 5. The molecular formula is C25H20ClNO3S. The minimum atomic E-state index is -0.168. The van der Waals surface area contributed by atoms with Crippen molar-refractivity contribution in [1.82, 2.24) is 4.57 Å². The molecular weight excluding hydrogens is 430 g/mol.